The average molecular weight is 277 g/mol. The fourth-order valence-electron chi connectivity index (χ4n) is 1.88. The molecule has 0 saturated carbocycles. The smallest absolute Gasteiger partial charge is 0.122 e. The summed E-state index contributed by atoms with van der Waals surface area (Å²) in [6.45, 7) is 2.95. The first-order valence-electron chi connectivity index (χ1n) is 6.21. The highest BCUT2D eigenvalue weighted by Gasteiger charge is 2.07. The van der Waals surface area contributed by atoms with Gasteiger partial charge in [0.2, 0.25) is 0 Å². The summed E-state index contributed by atoms with van der Waals surface area (Å²) in [5.41, 5.74) is 1.15. The lowest BCUT2D eigenvalue weighted by atomic mass is 10.2. The molecule has 0 fully saturated rings. The molecule has 0 aliphatic heterocycles. The standard InChI is InChI=1S/C15H19NO2S/c1-11(15-5-4-6-19-15)16-10-12-7-13(17-2)9-14(8-12)18-3/h4-9,11,16H,10H2,1-3H3. The summed E-state index contributed by atoms with van der Waals surface area (Å²) in [5.74, 6) is 1.64. The van der Waals surface area contributed by atoms with Gasteiger partial charge < -0.3 is 14.8 Å². The molecule has 1 unspecified atom stereocenters. The van der Waals surface area contributed by atoms with E-state index in [-0.39, 0.29) is 0 Å². The molecule has 0 radical (unpaired) electrons. The SMILES string of the molecule is COc1cc(CNC(C)c2cccs2)cc(OC)c1. The van der Waals surface area contributed by atoms with Crippen LogP contribution in [0.25, 0.3) is 0 Å². The molecule has 0 amide bonds. The second-order valence-electron chi connectivity index (χ2n) is 4.34. The molecular weight excluding hydrogens is 258 g/mol. The van der Waals surface area contributed by atoms with Crippen molar-refractivity contribution in [2.75, 3.05) is 14.2 Å². The topological polar surface area (TPSA) is 30.5 Å². The van der Waals surface area contributed by atoms with Crippen molar-refractivity contribution in [3.05, 3.63) is 46.2 Å². The van der Waals surface area contributed by atoms with E-state index in [0.717, 1.165) is 23.6 Å². The normalized spacial score (nSPS) is 12.2. The maximum Gasteiger partial charge on any atom is 0.122 e. The van der Waals surface area contributed by atoms with E-state index >= 15 is 0 Å². The van der Waals surface area contributed by atoms with Gasteiger partial charge in [-0.05, 0) is 36.1 Å². The Morgan fingerprint density at radius 3 is 2.37 bits per heavy atom. The molecule has 0 spiro atoms. The largest absolute Gasteiger partial charge is 0.497 e. The summed E-state index contributed by atoms with van der Waals surface area (Å²) >= 11 is 1.77. The number of hydrogen-bond donors (Lipinski definition) is 1. The zero-order valence-electron chi connectivity index (χ0n) is 11.5. The van der Waals surface area contributed by atoms with Gasteiger partial charge in [-0.1, -0.05) is 6.07 Å². The van der Waals surface area contributed by atoms with Crippen LogP contribution < -0.4 is 14.8 Å². The Morgan fingerprint density at radius 2 is 1.84 bits per heavy atom. The Labute approximate surface area is 118 Å². The molecule has 0 bridgehead atoms. The first kappa shape index (κ1) is 13.9. The van der Waals surface area contributed by atoms with Crippen molar-refractivity contribution in [2.45, 2.75) is 19.5 Å². The van der Waals surface area contributed by atoms with Crippen LogP contribution in [0.3, 0.4) is 0 Å². The predicted octanol–water partition coefficient (Wildman–Crippen LogP) is 3.62. The molecule has 19 heavy (non-hydrogen) atoms. The minimum atomic E-state index is 0.345. The molecule has 102 valence electrons. The fourth-order valence-corrected chi connectivity index (χ4v) is 2.64. The number of thiophene rings is 1. The molecule has 3 nitrogen and oxygen atoms in total. The van der Waals surface area contributed by atoms with Gasteiger partial charge in [0.15, 0.2) is 0 Å². The lowest BCUT2D eigenvalue weighted by molar-refractivity contribution is 0.393. The first-order chi connectivity index (χ1) is 9.22. The molecule has 1 aromatic carbocycles. The van der Waals surface area contributed by atoms with Crippen LogP contribution in [0.4, 0.5) is 0 Å². The second-order valence-corrected chi connectivity index (χ2v) is 5.32. The zero-order chi connectivity index (χ0) is 13.7. The Hall–Kier alpha value is -1.52. The van der Waals surface area contributed by atoms with Gasteiger partial charge in [0.25, 0.3) is 0 Å². The molecule has 1 aromatic heterocycles. The van der Waals surface area contributed by atoms with Crippen molar-refractivity contribution in [3.8, 4) is 11.5 Å². The van der Waals surface area contributed by atoms with Crippen LogP contribution in [0, 0.1) is 0 Å². The van der Waals surface area contributed by atoms with Gasteiger partial charge in [0.1, 0.15) is 11.5 Å². The third-order valence-electron chi connectivity index (χ3n) is 2.99. The molecule has 1 N–H and O–H groups in total. The highest BCUT2D eigenvalue weighted by molar-refractivity contribution is 7.10. The number of nitrogens with one attached hydrogen (secondary N) is 1. The number of ether oxygens (including phenoxy) is 2. The predicted molar refractivity (Wildman–Crippen MR) is 79.1 cm³/mol. The van der Waals surface area contributed by atoms with Crippen LogP contribution in [0.1, 0.15) is 23.4 Å². The minimum Gasteiger partial charge on any atom is -0.497 e. The van der Waals surface area contributed by atoms with Crippen molar-refractivity contribution in [2.24, 2.45) is 0 Å². The van der Waals surface area contributed by atoms with Crippen molar-refractivity contribution in [3.63, 3.8) is 0 Å². The van der Waals surface area contributed by atoms with E-state index in [1.807, 2.05) is 18.2 Å². The molecule has 2 rings (SSSR count). The molecular formula is C15H19NO2S. The molecule has 0 aliphatic carbocycles. The number of methoxy groups -OCH3 is 2. The van der Waals surface area contributed by atoms with E-state index in [9.17, 15) is 0 Å². The fraction of sp³-hybridized carbons (Fsp3) is 0.333. The van der Waals surface area contributed by atoms with Crippen molar-refractivity contribution < 1.29 is 9.47 Å². The summed E-state index contributed by atoms with van der Waals surface area (Å²) in [6.07, 6.45) is 0. The van der Waals surface area contributed by atoms with Crippen LogP contribution in [0.15, 0.2) is 35.7 Å². The molecule has 4 heteroatoms. The zero-order valence-corrected chi connectivity index (χ0v) is 12.3. The van der Waals surface area contributed by atoms with Crippen LogP contribution in [-0.2, 0) is 6.54 Å². The quantitative estimate of drug-likeness (QED) is 0.875. The third kappa shape index (κ3) is 3.72. The molecule has 0 saturated heterocycles. The monoisotopic (exact) mass is 277 g/mol. The summed E-state index contributed by atoms with van der Waals surface area (Å²) in [4.78, 5) is 1.34. The minimum absolute atomic E-state index is 0.345. The van der Waals surface area contributed by atoms with Gasteiger partial charge in [0, 0.05) is 23.5 Å². The third-order valence-corrected chi connectivity index (χ3v) is 4.05. The van der Waals surface area contributed by atoms with Gasteiger partial charge in [-0.15, -0.1) is 11.3 Å². The van der Waals surface area contributed by atoms with Crippen molar-refractivity contribution >= 4 is 11.3 Å². The lowest BCUT2D eigenvalue weighted by Crippen LogP contribution is -2.17. The van der Waals surface area contributed by atoms with Crippen molar-refractivity contribution in [1.82, 2.24) is 5.32 Å². The second kappa shape index (κ2) is 6.59. The summed E-state index contributed by atoms with van der Waals surface area (Å²) in [7, 11) is 3.33. The van der Waals surface area contributed by atoms with E-state index in [0.29, 0.717) is 6.04 Å². The summed E-state index contributed by atoms with van der Waals surface area (Å²) in [6, 6.07) is 10.5. The van der Waals surface area contributed by atoms with E-state index < -0.39 is 0 Å². The Balaban J connectivity index is 2.02. The molecule has 1 heterocycles. The van der Waals surface area contributed by atoms with Crippen LogP contribution in [0.5, 0.6) is 11.5 Å². The number of hydrogen-bond acceptors (Lipinski definition) is 4. The first-order valence-corrected chi connectivity index (χ1v) is 7.09. The maximum atomic E-state index is 5.27. The molecule has 0 aliphatic rings. The van der Waals surface area contributed by atoms with E-state index in [4.69, 9.17) is 9.47 Å². The molecule has 1 atom stereocenters. The van der Waals surface area contributed by atoms with Gasteiger partial charge in [-0.2, -0.15) is 0 Å². The van der Waals surface area contributed by atoms with E-state index in [1.165, 1.54) is 4.88 Å². The van der Waals surface area contributed by atoms with Crippen LogP contribution in [0.2, 0.25) is 0 Å². The van der Waals surface area contributed by atoms with Crippen LogP contribution >= 0.6 is 11.3 Å². The average Bonchev–Trinajstić information content (AvgIpc) is 2.98. The Bertz CT molecular complexity index is 489. The summed E-state index contributed by atoms with van der Waals surface area (Å²) in [5, 5.41) is 5.60. The molecule has 2 aromatic rings. The Kier molecular flexibility index (Phi) is 4.82. The van der Waals surface area contributed by atoms with Gasteiger partial charge in [-0.25, -0.2) is 0 Å². The highest BCUT2D eigenvalue weighted by atomic mass is 32.1. The van der Waals surface area contributed by atoms with E-state index in [1.54, 1.807) is 25.6 Å². The highest BCUT2D eigenvalue weighted by Crippen LogP contribution is 2.23. The van der Waals surface area contributed by atoms with Crippen LogP contribution in [-0.4, -0.2) is 14.2 Å². The van der Waals surface area contributed by atoms with Gasteiger partial charge in [0.05, 0.1) is 14.2 Å². The lowest BCUT2D eigenvalue weighted by Gasteiger charge is -2.13. The van der Waals surface area contributed by atoms with E-state index in [2.05, 4.69) is 29.8 Å². The maximum absolute atomic E-state index is 5.27. The van der Waals surface area contributed by atoms with Crippen molar-refractivity contribution in [1.29, 1.82) is 0 Å². The number of rotatable bonds is 6. The van der Waals surface area contributed by atoms with Gasteiger partial charge >= 0.3 is 0 Å². The number of benzene rings is 1. The summed E-state index contributed by atoms with van der Waals surface area (Å²) < 4.78 is 10.5. The Morgan fingerprint density at radius 1 is 1.16 bits per heavy atom. The van der Waals surface area contributed by atoms with Gasteiger partial charge in [-0.3, -0.25) is 0 Å².